The van der Waals surface area contributed by atoms with E-state index < -0.39 is 35.4 Å². The number of hydrogen-bond donors (Lipinski definition) is 1. The Morgan fingerprint density at radius 2 is 1.87 bits per heavy atom. The van der Waals surface area contributed by atoms with Gasteiger partial charge < -0.3 is 19.5 Å². The SMILES string of the molecule is CCOC(=O)[C@H]1C=C(C#N)O[C@@](C)(NC(C)=O)[C@@H]1C(=O)OCC. The summed E-state index contributed by atoms with van der Waals surface area (Å²) in [6.07, 6.45) is 1.21. The summed E-state index contributed by atoms with van der Waals surface area (Å²) in [6.45, 7) is 6.09. The van der Waals surface area contributed by atoms with Gasteiger partial charge in [0, 0.05) is 6.92 Å². The summed E-state index contributed by atoms with van der Waals surface area (Å²) in [4.78, 5) is 36.0. The Hall–Kier alpha value is -2.56. The third kappa shape index (κ3) is 4.22. The third-order valence-corrected chi connectivity index (χ3v) is 3.24. The zero-order valence-corrected chi connectivity index (χ0v) is 13.5. The Balaban J connectivity index is 3.36. The molecule has 1 amide bonds. The van der Waals surface area contributed by atoms with E-state index in [2.05, 4.69) is 5.32 Å². The fourth-order valence-corrected chi connectivity index (χ4v) is 2.49. The van der Waals surface area contributed by atoms with E-state index in [1.54, 1.807) is 19.9 Å². The Morgan fingerprint density at radius 1 is 1.30 bits per heavy atom. The predicted octanol–water partition coefficient (Wildman–Crippen LogP) is 0.635. The second-order valence-electron chi connectivity index (χ2n) is 5.04. The average Bonchev–Trinajstić information content (AvgIpc) is 2.45. The molecule has 0 spiro atoms. The number of nitriles is 1. The van der Waals surface area contributed by atoms with Gasteiger partial charge >= 0.3 is 11.9 Å². The summed E-state index contributed by atoms with van der Waals surface area (Å²) < 4.78 is 15.4. The zero-order valence-electron chi connectivity index (χ0n) is 13.5. The van der Waals surface area contributed by atoms with E-state index >= 15 is 0 Å². The van der Waals surface area contributed by atoms with Crippen LogP contribution in [0.4, 0.5) is 0 Å². The number of hydrogen-bond acceptors (Lipinski definition) is 7. The highest BCUT2D eigenvalue weighted by Gasteiger charge is 2.53. The van der Waals surface area contributed by atoms with Gasteiger partial charge in [-0.3, -0.25) is 14.4 Å². The Morgan fingerprint density at radius 3 is 2.35 bits per heavy atom. The molecular weight excluding hydrogens is 304 g/mol. The van der Waals surface area contributed by atoms with Crippen LogP contribution in [0.15, 0.2) is 11.8 Å². The maximum Gasteiger partial charge on any atom is 0.316 e. The van der Waals surface area contributed by atoms with Crippen molar-refractivity contribution >= 4 is 17.8 Å². The molecule has 0 radical (unpaired) electrons. The molecule has 8 heteroatoms. The molecular formula is C15H20N2O6. The van der Waals surface area contributed by atoms with Crippen LogP contribution in [0.2, 0.25) is 0 Å². The monoisotopic (exact) mass is 324 g/mol. The molecule has 8 nitrogen and oxygen atoms in total. The molecule has 0 aromatic heterocycles. The lowest BCUT2D eigenvalue weighted by Crippen LogP contribution is -2.60. The highest BCUT2D eigenvalue weighted by atomic mass is 16.6. The lowest BCUT2D eigenvalue weighted by Gasteiger charge is -2.41. The third-order valence-electron chi connectivity index (χ3n) is 3.24. The van der Waals surface area contributed by atoms with E-state index in [4.69, 9.17) is 19.5 Å². The van der Waals surface area contributed by atoms with Crippen LogP contribution in [0.1, 0.15) is 27.7 Å². The molecule has 1 aliphatic heterocycles. The van der Waals surface area contributed by atoms with Crippen molar-refractivity contribution in [1.29, 1.82) is 5.26 Å². The Labute approximate surface area is 134 Å². The second kappa shape index (κ2) is 7.63. The first-order chi connectivity index (χ1) is 10.8. The number of carbonyl (C=O) groups is 3. The maximum absolute atomic E-state index is 12.3. The van der Waals surface area contributed by atoms with E-state index in [1.165, 1.54) is 19.9 Å². The van der Waals surface area contributed by atoms with Crippen molar-refractivity contribution in [3.05, 3.63) is 11.8 Å². The number of nitrogens with one attached hydrogen (secondary N) is 1. The van der Waals surface area contributed by atoms with Gasteiger partial charge in [0.05, 0.1) is 19.1 Å². The van der Waals surface area contributed by atoms with Crippen LogP contribution in [-0.2, 0) is 28.6 Å². The Kier molecular flexibility index (Phi) is 6.13. The Bertz CT molecular complexity index is 565. The van der Waals surface area contributed by atoms with Gasteiger partial charge in [-0.15, -0.1) is 0 Å². The number of carbonyl (C=O) groups excluding carboxylic acids is 3. The van der Waals surface area contributed by atoms with Crippen LogP contribution in [0, 0.1) is 23.2 Å². The van der Waals surface area contributed by atoms with Crippen LogP contribution >= 0.6 is 0 Å². The summed E-state index contributed by atoms with van der Waals surface area (Å²) in [5, 5.41) is 11.6. The van der Waals surface area contributed by atoms with E-state index in [0.717, 1.165) is 0 Å². The molecule has 1 rings (SSSR count). The van der Waals surface area contributed by atoms with Crippen molar-refractivity contribution in [2.75, 3.05) is 13.2 Å². The van der Waals surface area contributed by atoms with Crippen molar-refractivity contribution < 1.29 is 28.6 Å². The number of amides is 1. The molecule has 1 heterocycles. The van der Waals surface area contributed by atoms with Gasteiger partial charge in [-0.25, -0.2) is 0 Å². The molecule has 23 heavy (non-hydrogen) atoms. The molecule has 0 bridgehead atoms. The smallest absolute Gasteiger partial charge is 0.316 e. The van der Waals surface area contributed by atoms with E-state index in [0.29, 0.717) is 0 Å². The number of esters is 2. The average molecular weight is 324 g/mol. The van der Waals surface area contributed by atoms with E-state index in [1.807, 2.05) is 0 Å². The predicted molar refractivity (Wildman–Crippen MR) is 77.2 cm³/mol. The highest BCUT2D eigenvalue weighted by Crippen LogP contribution is 2.36. The fourth-order valence-electron chi connectivity index (χ4n) is 2.49. The van der Waals surface area contributed by atoms with Gasteiger partial charge in [0.25, 0.3) is 0 Å². The number of allylic oxidation sites excluding steroid dienone is 1. The highest BCUT2D eigenvalue weighted by molar-refractivity contribution is 5.86. The lowest BCUT2D eigenvalue weighted by molar-refractivity contribution is -0.178. The van der Waals surface area contributed by atoms with Gasteiger partial charge in [0.1, 0.15) is 12.0 Å². The molecule has 0 aromatic carbocycles. The molecule has 0 saturated carbocycles. The van der Waals surface area contributed by atoms with E-state index in [-0.39, 0.29) is 19.0 Å². The van der Waals surface area contributed by atoms with Crippen molar-refractivity contribution in [3.63, 3.8) is 0 Å². The normalized spacial score (nSPS) is 26.1. The number of rotatable bonds is 5. The fraction of sp³-hybridized carbons (Fsp3) is 0.600. The largest absolute Gasteiger partial charge is 0.466 e. The van der Waals surface area contributed by atoms with Crippen molar-refractivity contribution in [1.82, 2.24) is 5.32 Å². The minimum Gasteiger partial charge on any atom is -0.466 e. The van der Waals surface area contributed by atoms with Crippen LogP contribution in [0.3, 0.4) is 0 Å². The molecule has 3 atom stereocenters. The summed E-state index contributed by atoms with van der Waals surface area (Å²) in [5.74, 6) is -4.37. The molecule has 0 unspecified atom stereocenters. The topological polar surface area (TPSA) is 115 Å². The van der Waals surface area contributed by atoms with Crippen LogP contribution < -0.4 is 5.32 Å². The first-order valence-corrected chi connectivity index (χ1v) is 7.22. The zero-order chi connectivity index (χ0) is 17.6. The number of ether oxygens (including phenoxy) is 3. The van der Waals surface area contributed by atoms with Crippen molar-refractivity contribution in [2.45, 2.75) is 33.4 Å². The van der Waals surface area contributed by atoms with Gasteiger partial charge in [-0.2, -0.15) is 5.26 Å². The second-order valence-corrected chi connectivity index (χ2v) is 5.04. The molecule has 0 saturated heterocycles. The van der Waals surface area contributed by atoms with Crippen LogP contribution in [0.5, 0.6) is 0 Å². The van der Waals surface area contributed by atoms with Gasteiger partial charge in [-0.1, -0.05) is 0 Å². The first-order valence-electron chi connectivity index (χ1n) is 7.22. The summed E-state index contributed by atoms with van der Waals surface area (Å²) in [6, 6.07) is 1.78. The molecule has 1 aliphatic rings. The number of nitrogens with zero attached hydrogens (tertiary/aromatic N) is 1. The summed E-state index contributed by atoms with van der Waals surface area (Å²) in [5.41, 5.74) is -1.60. The quantitative estimate of drug-likeness (QED) is 0.738. The molecule has 0 aromatic rings. The van der Waals surface area contributed by atoms with Crippen molar-refractivity contribution in [3.8, 4) is 6.07 Å². The minimum absolute atomic E-state index is 0.0931. The van der Waals surface area contributed by atoms with Gasteiger partial charge in [-0.05, 0) is 26.8 Å². The minimum atomic E-state index is -1.60. The van der Waals surface area contributed by atoms with Gasteiger partial charge in [0.15, 0.2) is 11.5 Å². The standard InChI is InChI=1S/C15H20N2O6/c1-5-21-13(19)11-7-10(8-16)23-15(4,17-9(3)18)12(11)14(20)22-6-2/h7,11-12H,5-6H2,1-4H3,(H,17,18)/t11-,12-,15+/m0/s1. The molecule has 126 valence electrons. The van der Waals surface area contributed by atoms with Crippen molar-refractivity contribution in [2.24, 2.45) is 11.8 Å². The van der Waals surface area contributed by atoms with Crippen LogP contribution in [0.25, 0.3) is 0 Å². The molecule has 1 N–H and O–H groups in total. The first kappa shape index (κ1) is 18.5. The van der Waals surface area contributed by atoms with E-state index in [9.17, 15) is 14.4 Å². The summed E-state index contributed by atoms with van der Waals surface area (Å²) in [7, 11) is 0. The van der Waals surface area contributed by atoms with Gasteiger partial charge in [0.2, 0.25) is 5.91 Å². The summed E-state index contributed by atoms with van der Waals surface area (Å²) >= 11 is 0. The lowest BCUT2D eigenvalue weighted by atomic mass is 9.81. The van der Waals surface area contributed by atoms with Crippen LogP contribution in [-0.4, -0.2) is 36.8 Å². The molecule has 0 aliphatic carbocycles. The maximum atomic E-state index is 12.3. The molecule has 0 fully saturated rings.